The largest absolute Gasteiger partial charge is 0.354 e. The van der Waals surface area contributed by atoms with Gasteiger partial charge in [-0.15, -0.1) is 0 Å². The third-order valence-corrected chi connectivity index (χ3v) is 5.72. The van der Waals surface area contributed by atoms with Crippen molar-refractivity contribution in [3.05, 3.63) is 65.0 Å². The highest BCUT2D eigenvalue weighted by Gasteiger charge is 2.28. The summed E-state index contributed by atoms with van der Waals surface area (Å²) >= 11 is 0. The maximum Gasteiger partial charge on any atom is 0.269 e. The molecule has 3 aromatic heterocycles. The highest BCUT2D eigenvalue weighted by molar-refractivity contribution is 5.92. The Kier molecular flexibility index (Phi) is 5.63. The number of aromatic nitrogens is 4. The van der Waals surface area contributed by atoms with Gasteiger partial charge in [-0.3, -0.25) is 24.3 Å². The maximum atomic E-state index is 11.8. The van der Waals surface area contributed by atoms with E-state index in [4.69, 9.17) is 4.98 Å². The summed E-state index contributed by atoms with van der Waals surface area (Å²) in [6.45, 7) is 6.05. The Balaban J connectivity index is 1.60. The maximum absolute atomic E-state index is 11.8. The van der Waals surface area contributed by atoms with Crippen molar-refractivity contribution in [2.45, 2.75) is 39.3 Å². The Bertz CT molecular complexity index is 1060. The quantitative estimate of drug-likeness (QED) is 0.707. The zero-order valence-electron chi connectivity index (χ0n) is 18.0. The first kappa shape index (κ1) is 20.2. The molecule has 1 aliphatic rings. The molecular formula is C23H28N6O. The van der Waals surface area contributed by atoms with Gasteiger partial charge in [0.2, 0.25) is 0 Å². The monoisotopic (exact) mass is 404 g/mol. The minimum absolute atomic E-state index is 0.180. The molecule has 0 aliphatic carbocycles. The average molecular weight is 405 g/mol. The van der Waals surface area contributed by atoms with E-state index in [1.165, 1.54) is 5.56 Å². The molecule has 1 saturated heterocycles. The van der Waals surface area contributed by atoms with Crippen LogP contribution in [-0.4, -0.2) is 44.1 Å². The van der Waals surface area contributed by atoms with E-state index in [2.05, 4.69) is 45.6 Å². The highest BCUT2D eigenvalue weighted by Crippen LogP contribution is 2.34. The fourth-order valence-corrected chi connectivity index (χ4v) is 4.23. The molecule has 0 saturated carbocycles. The molecule has 30 heavy (non-hydrogen) atoms. The molecule has 4 heterocycles. The number of aryl methyl sites for hydroxylation is 3. The van der Waals surface area contributed by atoms with Gasteiger partial charge < -0.3 is 5.32 Å². The van der Waals surface area contributed by atoms with Crippen LogP contribution in [-0.2, 0) is 13.6 Å². The SMILES string of the molecule is CNC(=O)c1ccc(-c2cc(C)nc([C@H]3CCCN3Cc3cn(C)nc3C)c2)cn1. The summed E-state index contributed by atoms with van der Waals surface area (Å²) in [7, 11) is 3.58. The fraction of sp³-hybridized carbons (Fsp3) is 0.391. The second-order valence-corrected chi connectivity index (χ2v) is 7.98. The highest BCUT2D eigenvalue weighted by atomic mass is 16.1. The predicted octanol–water partition coefficient (Wildman–Crippen LogP) is 3.19. The van der Waals surface area contributed by atoms with E-state index in [-0.39, 0.29) is 5.91 Å². The van der Waals surface area contributed by atoms with Crippen LogP contribution in [0.2, 0.25) is 0 Å². The summed E-state index contributed by atoms with van der Waals surface area (Å²) in [5.41, 5.74) is 6.93. The first-order chi connectivity index (χ1) is 14.4. The molecule has 0 radical (unpaired) electrons. The summed E-state index contributed by atoms with van der Waals surface area (Å²) in [5.74, 6) is -0.180. The van der Waals surface area contributed by atoms with Crippen LogP contribution in [0.25, 0.3) is 11.1 Å². The standard InChI is InChI=1S/C23H28N6O/c1-15-10-18(17-7-8-20(25-12-17)23(30)24-3)11-21(26-15)22-6-5-9-29(22)14-19-13-28(4)27-16(19)2/h7-8,10-13,22H,5-6,9,14H2,1-4H3,(H,24,30)/t22-/m1/s1. The van der Waals surface area contributed by atoms with Gasteiger partial charge in [0.05, 0.1) is 17.4 Å². The third kappa shape index (κ3) is 4.11. The molecule has 0 unspecified atom stereocenters. The predicted molar refractivity (Wildman–Crippen MR) is 116 cm³/mol. The van der Waals surface area contributed by atoms with E-state index >= 15 is 0 Å². The topological polar surface area (TPSA) is 75.9 Å². The molecule has 3 aromatic rings. The van der Waals surface area contributed by atoms with Crippen molar-refractivity contribution in [1.29, 1.82) is 0 Å². The molecular weight excluding hydrogens is 376 g/mol. The van der Waals surface area contributed by atoms with Crippen LogP contribution in [0, 0.1) is 13.8 Å². The number of rotatable bonds is 5. The van der Waals surface area contributed by atoms with E-state index < -0.39 is 0 Å². The molecule has 7 nitrogen and oxygen atoms in total. The lowest BCUT2D eigenvalue weighted by molar-refractivity contribution is 0.0958. The number of likely N-dealkylation sites (tertiary alicyclic amines) is 1. The summed E-state index contributed by atoms with van der Waals surface area (Å²) in [5, 5.41) is 7.09. The molecule has 0 spiro atoms. The normalized spacial score (nSPS) is 16.7. The smallest absolute Gasteiger partial charge is 0.269 e. The number of amides is 1. The van der Waals surface area contributed by atoms with Gasteiger partial charge in [-0.25, -0.2) is 0 Å². The van der Waals surface area contributed by atoms with Crippen molar-refractivity contribution < 1.29 is 4.79 Å². The number of carbonyl (C=O) groups excluding carboxylic acids is 1. The van der Waals surface area contributed by atoms with Gasteiger partial charge in [0.1, 0.15) is 5.69 Å². The van der Waals surface area contributed by atoms with Gasteiger partial charge in [0.25, 0.3) is 5.91 Å². The summed E-state index contributed by atoms with van der Waals surface area (Å²) in [4.78, 5) is 23.4. The Morgan fingerprint density at radius 1 is 1.23 bits per heavy atom. The molecule has 1 aliphatic heterocycles. The molecule has 1 N–H and O–H groups in total. The fourth-order valence-electron chi connectivity index (χ4n) is 4.23. The molecule has 0 bridgehead atoms. The van der Waals surface area contributed by atoms with Crippen molar-refractivity contribution in [2.75, 3.05) is 13.6 Å². The minimum atomic E-state index is -0.180. The van der Waals surface area contributed by atoms with Crippen LogP contribution in [0.1, 0.15) is 52.0 Å². The first-order valence-electron chi connectivity index (χ1n) is 10.3. The summed E-state index contributed by atoms with van der Waals surface area (Å²) in [6.07, 6.45) is 6.13. The number of hydrogen-bond acceptors (Lipinski definition) is 5. The summed E-state index contributed by atoms with van der Waals surface area (Å²) < 4.78 is 1.88. The van der Waals surface area contributed by atoms with E-state index in [0.717, 1.165) is 54.1 Å². The number of nitrogens with zero attached hydrogens (tertiary/aromatic N) is 5. The van der Waals surface area contributed by atoms with Gasteiger partial charge in [0.15, 0.2) is 0 Å². The molecule has 7 heteroatoms. The second kappa shape index (κ2) is 8.36. The van der Waals surface area contributed by atoms with Gasteiger partial charge >= 0.3 is 0 Å². The van der Waals surface area contributed by atoms with Crippen molar-refractivity contribution in [3.63, 3.8) is 0 Å². The van der Waals surface area contributed by atoms with Gasteiger partial charge in [-0.1, -0.05) is 6.07 Å². The van der Waals surface area contributed by atoms with Gasteiger partial charge in [-0.05, 0) is 57.0 Å². The molecule has 1 atom stereocenters. The Morgan fingerprint density at radius 2 is 2.07 bits per heavy atom. The van der Waals surface area contributed by atoms with Crippen LogP contribution in [0.4, 0.5) is 0 Å². The molecule has 1 fully saturated rings. The van der Waals surface area contributed by atoms with Crippen molar-refractivity contribution in [3.8, 4) is 11.1 Å². The average Bonchev–Trinajstić information content (AvgIpc) is 3.33. The molecule has 4 rings (SSSR count). The third-order valence-electron chi connectivity index (χ3n) is 5.72. The van der Waals surface area contributed by atoms with Crippen LogP contribution in [0.3, 0.4) is 0 Å². The number of hydrogen-bond donors (Lipinski definition) is 1. The Morgan fingerprint density at radius 3 is 2.73 bits per heavy atom. The Labute approximate surface area is 177 Å². The lowest BCUT2D eigenvalue weighted by atomic mass is 10.0. The van der Waals surface area contributed by atoms with Gasteiger partial charge in [0, 0.05) is 49.9 Å². The molecule has 0 aromatic carbocycles. The van der Waals surface area contributed by atoms with Crippen LogP contribution >= 0.6 is 0 Å². The lowest BCUT2D eigenvalue weighted by Crippen LogP contribution is -2.24. The van der Waals surface area contributed by atoms with Crippen molar-refractivity contribution in [2.24, 2.45) is 7.05 Å². The van der Waals surface area contributed by atoms with Crippen LogP contribution in [0.15, 0.2) is 36.7 Å². The van der Waals surface area contributed by atoms with E-state index in [1.807, 2.05) is 24.7 Å². The number of pyridine rings is 2. The lowest BCUT2D eigenvalue weighted by Gasteiger charge is -2.24. The van der Waals surface area contributed by atoms with E-state index in [0.29, 0.717) is 11.7 Å². The number of nitrogens with one attached hydrogen (secondary N) is 1. The Hall–Kier alpha value is -3.06. The van der Waals surface area contributed by atoms with Crippen LogP contribution < -0.4 is 5.32 Å². The van der Waals surface area contributed by atoms with Gasteiger partial charge in [-0.2, -0.15) is 5.10 Å². The summed E-state index contributed by atoms with van der Waals surface area (Å²) in [6, 6.07) is 8.24. The first-order valence-corrected chi connectivity index (χ1v) is 10.3. The zero-order valence-corrected chi connectivity index (χ0v) is 18.0. The molecule has 156 valence electrons. The van der Waals surface area contributed by atoms with Crippen molar-refractivity contribution in [1.82, 2.24) is 30.0 Å². The zero-order chi connectivity index (χ0) is 21.3. The molecule has 1 amide bonds. The second-order valence-electron chi connectivity index (χ2n) is 7.98. The van der Waals surface area contributed by atoms with E-state index in [1.54, 1.807) is 19.3 Å². The number of carbonyl (C=O) groups is 1. The van der Waals surface area contributed by atoms with Crippen LogP contribution in [0.5, 0.6) is 0 Å². The minimum Gasteiger partial charge on any atom is -0.354 e. The van der Waals surface area contributed by atoms with Crippen molar-refractivity contribution >= 4 is 5.91 Å². The van der Waals surface area contributed by atoms with E-state index in [9.17, 15) is 4.79 Å².